The molecule has 1 aliphatic heterocycles. The summed E-state index contributed by atoms with van der Waals surface area (Å²) in [5.74, 6) is 1.53. The highest BCUT2D eigenvalue weighted by Gasteiger charge is 2.22. The van der Waals surface area contributed by atoms with Crippen LogP contribution in [0.25, 0.3) is 0 Å². The Kier molecular flexibility index (Phi) is 7.89. The van der Waals surface area contributed by atoms with Crippen LogP contribution in [-0.4, -0.2) is 60.5 Å². The molecular formula is C24H32N4O3. The largest absolute Gasteiger partial charge is 0.457 e. The van der Waals surface area contributed by atoms with E-state index in [4.69, 9.17) is 4.74 Å². The maximum absolute atomic E-state index is 12.6. The summed E-state index contributed by atoms with van der Waals surface area (Å²) in [5, 5.41) is 5.92. The number of nitrogens with one attached hydrogen (secondary N) is 2. The maximum atomic E-state index is 12.6. The predicted octanol–water partition coefficient (Wildman–Crippen LogP) is 3.85. The van der Waals surface area contributed by atoms with Gasteiger partial charge in [-0.2, -0.15) is 0 Å². The van der Waals surface area contributed by atoms with Gasteiger partial charge in [0, 0.05) is 37.9 Å². The van der Waals surface area contributed by atoms with Gasteiger partial charge in [0.25, 0.3) is 0 Å². The minimum atomic E-state index is -0.129. The number of carbonyl (C=O) groups excluding carboxylic acids is 2. The third kappa shape index (κ3) is 7.00. The summed E-state index contributed by atoms with van der Waals surface area (Å²) in [6, 6.07) is 15.3. The molecule has 2 N–H and O–H groups in total. The zero-order chi connectivity index (χ0) is 22.2. The van der Waals surface area contributed by atoms with Crippen LogP contribution in [0.1, 0.15) is 25.8 Å². The fraction of sp³-hybridized carbons (Fsp3) is 0.417. The first-order valence-corrected chi connectivity index (χ1v) is 10.8. The van der Waals surface area contributed by atoms with Crippen molar-refractivity contribution in [2.45, 2.75) is 33.2 Å². The molecule has 0 aromatic heterocycles. The zero-order valence-corrected chi connectivity index (χ0v) is 18.6. The van der Waals surface area contributed by atoms with E-state index in [9.17, 15) is 9.59 Å². The molecule has 166 valence electrons. The molecule has 1 heterocycles. The van der Waals surface area contributed by atoms with Crippen LogP contribution in [0.3, 0.4) is 0 Å². The molecule has 1 aliphatic rings. The Bertz CT molecular complexity index is 859. The first-order valence-electron chi connectivity index (χ1n) is 10.8. The molecule has 0 aliphatic carbocycles. The number of rotatable bonds is 7. The Balaban J connectivity index is 1.43. The Morgan fingerprint density at radius 3 is 2.13 bits per heavy atom. The van der Waals surface area contributed by atoms with Crippen molar-refractivity contribution in [2.75, 3.05) is 38.0 Å². The van der Waals surface area contributed by atoms with Gasteiger partial charge >= 0.3 is 6.03 Å². The van der Waals surface area contributed by atoms with Gasteiger partial charge in [-0.3, -0.25) is 9.69 Å². The van der Waals surface area contributed by atoms with Gasteiger partial charge in [-0.05, 0) is 56.7 Å². The summed E-state index contributed by atoms with van der Waals surface area (Å²) < 4.78 is 5.82. The minimum Gasteiger partial charge on any atom is -0.457 e. The van der Waals surface area contributed by atoms with Crippen molar-refractivity contribution in [2.24, 2.45) is 0 Å². The van der Waals surface area contributed by atoms with Gasteiger partial charge < -0.3 is 20.3 Å². The number of urea groups is 1. The van der Waals surface area contributed by atoms with Gasteiger partial charge in [-0.25, -0.2) is 4.79 Å². The van der Waals surface area contributed by atoms with Crippen LogP contribution in [0, 0.1) is 6.92 Å². The highest BCUT2D eigenvalue weighted by Crippen LogP contribution is 2.23. The Labute approximate surface area is 184 Å². The summed E-state index contributed by atoms with van der Waals surface area (Å²) in [6.07, 6.45) is 0.915. The smallest absolute Gasteiger partial charge is 0.321 e. The molecule has 3 amide bonds. The van der Waals surface area contributed by atoms with E-state index in [1.54, 1.807) is 4.90 Å². The van der Waals surface area contributed by atoms with E-state index in [0.717, 1.165) is 17.9 Å². The van der Waals surface area contributed by atoms with Gasteiger partial charge in [0.15, 0.2) is 0 Å². The van der Waals surface area contributed by atoms with Crippen molar-refractivity contribution >= 4 is 17.6 Å². The summed E-state index contributed by atoms with van der Waals surface area (Å²) in [6.45, 7) is 9.02. The Morgan fingerprint density at radius 1 is 0.968 bits per heavy atom. The first-order chi connectivity index (χ1) is 14.9. The Morgan fingerprint density at radius 2 is 1.55 bits per heavy atom. The van der Waals surface area contributed by atoms with E-state index >= 15 is 0 Å². The Hall–Kier alpha value is -3.06. The third-order valence-electron chi connectivity index (χ3n) is 5.41. The number of hydrogen-bond donors (Lipinski definition) is 2. The number of nitrogens with zero attached hydrogens (tertiary/aromatic N) is 2. The summed E-state index contributed by atoms with van der Waals surface area (Å²) >= 11 is 0. The van der Waals surface area contributed by atoms with E-state index < -0.39 is 0 Å². The molecule has 7 heteroatoms. The highest BCUT2D eigenvalue weighted by molar-refractivity contribution is 5.89. The topological polar surface area (TPSA) is 73.9 Å². The molecule has 3 rings (SSSR count). The van der Waals surface area contributed by atoms with E-state index in [1.165, 1.54) is 5.56 Å². The molecule has 0 saturated carbocycles. The van der Waals surface area contributed by atoms with Crippen LogP contribution in [0.4, 0.5) is 10.5 Å². The van der Waals surface area contributed by atoms with Gasteiger partial charge in [0.1, 0.15) is 11.5 Å². The average molecular weight is 425 g/mol. The number of aryl methyl sites for hydroxylation is 1. The van der Waals surface area contributed by atoms with Crippen LogP contribution < -0.4 is 15.4 Å². The molecule has 1 atom stereocenters. The monoisotopic (exact) mass is 424 g/mol. The lowest BCUT2D eigenvalue weighted by Gasteiger charge is -2.34. The van der Waals surface area contributed by atoms with E-state index in [2.05, 4.69) is 15.5 Å². The van der Waals surface area contributed by atoms with Gasteiger partial charge in [0.05, 0.1) is 6.54 Å². The van der Waals surface area contributed by atoms with Crippen LogP contribution in [0.2, 0.25) is 0 Å². The van der Waals surface area contributed by atoms with Crippen molar-refractivity contribution in [3.63, 3.8) is 0 Å². The lowest BCUT2D eigenvalue weighted by Crippen LogP contribution is -2.52. The molecule has 7 nitrogen and oxygen atoms in total. The normalized spacial score (nSPS) is 15.3. The first kappa shape index (κ1) is 22.6. The predicted molar refractivity (Wildman–Crippen MR) is 123 cm³/mol. The molecule has 0 bridgehead atoms. The molecule has 0 radical (unpaired) electrons. The summed E-state index contributed by atoms with van der Waals surface area (Å²) in [5.41, 5.74) is 1.90. The standard InChI is InChI=1S/C24H32N4O3/c1-4-19(3)25-23(29)17-27-13-15-28(16-14-27)24(30)26-20-7-11-22(12-8-20)31-21-9-5-18(2)6-10-21/h5-12,19H,4,13-17H2,1-3H3,(H,25,29)(H,26,30). The number of carbonyl (C=O) groups is 2. The number of anilines is 1. The van der Waals surface area contributed by atoms with E-state index in [1.807, 2.05) is 69.3 Å². The van der Waals surface area contributed by atoms with Gasteiger partial charge in [-0.1, -0.05) is 24.6 Å². The van der Waals surface area contributed by atoms with Crippen LogP contribution >= 0.6 is 0 Å². The molecule has 31 heavy (non-hydrogen) atoms. The number of piperazine rings is 1. The zero-order valence-electron chi connectivity index (χ0n) is 18.6. The molecule has 1 fully saturated rings. The van der Waals surface area contributed by atoms with Crippen molar-refractivity contribution in [3.05, 3.63) is 54.1 Å². The molecule has 0 spiro atoms. The number of benzene rings is 2. The maximum Gasteiger partial charge on any atom is 0.321 e. The SMILES string of the molecule is CCC(C)NC(=O)CN1CCN(C(=O)Nc2ccc(Oc3ccc(C)cc3)cc2)CC1. The summed E-state index contributed by atoms with van der Waals surface area (Å²) in [7, 11) is 0. The quantitative estimate of drug-likeness (QED) is 0.708. The fourth-order valence-corrected chi connectivity index (χ4v) is 3.29. The van der Waals surface area contributed by atoms with Crippen molar-refractivity contribution in [1.29, 1.82) is 0 Å². The van der Waals surface area contributed by atoms with E-state index in [0.29, 0.717) is 38.5 Å². The van der Waals surface area contributed by atoms with E-state index in [-0.39, 0.29) is 18.0 Å². The molecule has 2 aromatic carbocycles. The minimum absolute atomic E-state index is 0.0418. The van der Waals surface area contributed by atoms with Crippen LogP contribution in [0.5, 0.6) is 11.5 Å². The second kappa shape index (κ2) is 10.8. The number of hydrogen-bond acceptors (Lipinski definition) is 4. The van der Waals surface area contributed by atoms with Crippen LogP contribution in [0.15, 0.2) is 48.5 Å². The molecule has 1 saturated heterocycles. The lowest BCUT2D eigenvalue weighted by molar-refractivity contribution is -0.123. The second-order valence-electron chi connectivity index (χ2n) is 8.01. The molecule has 1 unspecified atom stereocenters. The molecular weight excluding hydrogens is 392 g/mol. The highest BCUT2D eigenvalue weighted by atomic mass is 16.5. The van der Waals surface area contributed by atoms with Crippen LogP contribution in [-0.2, 0) is 4.79 Å². The average Bonchev–Trinajstić information content (AvgIpc) is 2.77. The van der Waals surface area contributed by atoms with Crippen molar-refractivity contribution in [1.82, 2.24) is 15.1 Å². The third-order valence-corrected chi connectivity index (χ3v) is 5.41. The number of amides is 3. The van der Waals surface area contributed by atoms with Gasteiger partial charge in [-0.15, -0.1) is 0 Å². The fourth-order valence-electron chi connectivity index (χ4n) is 3.29. The lowest BCUT2D eigenvalue weighted by atomic mass is 10.2. The van der Waals surface area contributed by atoms with Crippen molar-refractivity contribution < 1.29 is 14.3 Å². The van der Waals surface area contributed by atoms with Crippen molar-refractivity contribution in [3.8, 4) is 11.5 Å². The molecule has 2 aromatic rings. The second-order valence-corrected chi connectivity index (χ2v) is 8.01. The number of ether oxygens (including phenoxy) is 1. The summed E-state index contributed by atoms with van der Waals surface area (Å²) in [4.78, 5) is 28.5. The van der Waals surface area contributed by atoms with Gasteiger partial charge in [0.2, 0.25) is 5.91 Å².